The zero-order chi connectivity index (χ0) is 12.2. The van der Waals surface area contributed by atoms with Crippen molar-refractivity contribution in [3.63, 3.8) is 0 Å². The highest BCUT2D eigenvalue weighted by Crippen LogP contribution is 1.89. The Morgan fingerprint density at radius 3 is 2.44 bits per heavy atom. The van der Waals surface area contributed by atoms with Crippen molar-refractivity contribution in [3.8, 4) is 0 Å². The molecule has 0 saturated heterocycles. The number of hydrogen-bond donors (Lipinski definition) is 1. The predicted octanol–water partition coefficient (Wildman–Crippen LogP) is -0.444. The molecule has 0 heterocycles. The highest BCUT2D eigenvalue weighted by molar-refractivity contribution is 5.75. The molecule has 6 nitrogen and oxygen atoms in total. The molecule has 0 aliphatic carbocycles. The van der Waals surface area contributed by atoms with Crippen molar-refractivity contribution in [1.82, 2.24) is 0 Å². The van der Waals surface area contributed by atoms with Gasteiger partial charge in [0.05, 0.1) is 26.9 Å². The molecule has 0 spiro atoms. The fraction of sp³-hybridized carbons (Fsp3) is 0.900. The van der Waals surface area contributed by atoms with Gasteiger partial charge in [0.15, 0.2) is 0 Å². The van der Waals surface area contributed by atoms with E-state index in [4.69, 9.17) is 19.9 Å². The summed E-state index contributed by atoms with van der Waals surface area (Å²) < 4.78 is 19.7. The van der Waals surface area contributed by atoms with Crippen LogP contribution in [0.2, 0.25) is 0 Å². The van der Waals surface area contributed by atoms with Crippen molar-refractivity contribution in [2.75, 3.05) is 47.3 Å². The van der Waals surface area contributed by atoms with E-state index in [2.05, 4.69) is 4.74 Å². The van der Waals surface area contributed by atoms with Gasteiger partial charge in [-0.25, -0.2) is 0 Å². The Morgan fingerprint density at radius 1 is 1.12 bits per heavy atom. The van der Waals surface area contributed by atoms with Gasteiger partial charge in [-0.05, 0) is 6.42 Å². The third-order valence-corrected chi connectivity index (χ3v) is 1.81. The minimum absolute atomic E-state index is 0.171. The van der Waals surface area contributed by atoms with Crippen LogP contribution >= 0.6 is 0 Å². The number of ether oxygens (including phenoxy) is 4. The molecular weight excluding hydrogens is 214 g/mol. The molecule has 0 aromatic carbocycles. The maximum Gasteiger partial charge on any atom is 0.325 e. The van der Waals surface area contributed by atoms with Crippen LogP contribution in [0.15, 0.2) is 0 Å². The molecule has 0 bridgehead atoms. The number of carbonyl (C=O) groups excluding carboxylic acids is 1. The highest BCUT2D eigenvalue weighted by atomic mass is 16.5. The average Bonchev–Trinajstić information content (AvgIpc) is 2.31. The maximum atomic E-state index is 10.9. The summed E-state index contributed by atoms with van der Waals surface area (Å²) >= 11 is 0. The van der Waals surface area contributed by atoms with Gasteiger partial charge in [0, 0.05) is 20.3 Å². The van der Waals surface area contributed by atoms with E-state index < -0.39 is 12.0 Å². The molecule has 0 fully saturated rings. The molecule has 96 valence electrons. The van der Waals surface area contributed by atoms with Crippen LogP contribution in [0, 0.1) is 0 Å². The van der Waals surface area contributed by atoms with Crippen LogP contribution in [0.25, 0.3) is 0 Å². The van der Waals surface area contributed by atoms with Crippen LogP contribution < -0.4 is 5.73 Å². The number of hydrogen-bond acceptors (Lipinski definition) is 6. The summed E-state index contributed by atoms with van der Waals surface area (Å²) in [5.41, 5.74) is 5.46. The minimum Gasteiger partial charge on any atom is -0.468 e. The normalized spacial score (nSPS) is 12.4. The minimum atomic E-state index is -0.709. The van der Waals surface area contributed by atoms with E-state index in [9.17, 15) is 4.79 Å². The van der Waals surface area contributed by atoms with Gasteiger partial charge in [-0.15, -0.1) is 0 Å². The SMILES string of the molecule is COCCOCCCOCC(N)C(=O)OC. The molecule has 0 radical (unpaired) electrons. The van der Waals surface area contributed by atoms with Crippen LogP contribution in [0.1, 0.15) is 6.42 Å². The Kier molecular flexibility index (Phi) is 10.3. The monoisotopic (exact) mass is 235 g/mol. The molecule has 0 aliphatic heterocycles. The van der Waals surface area contributed by atoms with E-state index in [1.165, 1.54) is 7.11 Å². The topological polar surface area (TPSA) is 80.0 Å². The summed E-state index contributed by atoms with van der Waals surface area (Å²) in [5.74, 6) is -0.462. The first-order valence-electron chi connectivity index (χ1n) is 5.20. The number of nitrogens with two attached hydrogens (primary N) is 1. The van der Waals surface area contributed by atoms with E-state index >= 15 is 0 Å². The third kappa shape index (κ3) is 8.60. The van der Waals surface area contributed by atoms with Gasteiger partial charge in [-0.2, -0.15) is 0 Å². The Balaban J connectivity index is 3.17. The lowest BCUT2D eigenvalue weighted by Crippen LogP contribution is -2.36. The Bertz CT molecular complexity index is 177. The number of methoxy groups -OCH3 is 2. The zero-order valence-corrected chi connectivity index (χ0v) is 9.94. The second-order valence-corrected chi connectivity index (χ2v) is 3.16. The molecule has 6 heteroatoms. The molecule has 1 atom stereocenters. The zero-order valence-electron chi connectivity index (χ0n) is 9.94. The van der Waals surface area contributed by atoms with Gasteiger partial charge in [0.25, 0.3) is 0 Å². The van der Waals surface area contributed by atoms with E-state index in [0.717, 1.165) is 6.42 Å². The fourth-order valence-corrected chi connectivity index (χ4v) is 0.937. The van der Waals surface area contributed by atoms with Gasteiger partial charge < -0.3 is 24.7 Å². The van der Waals surface area contributed by atoms with Crippen molar-refractivity contribution >= 4 is 5.97 Å². The van der Waals surface area contributed by atoms with Crippen molar-refractivity contribution in [2.24, 2.45) is 5.73 Å². The highest BCUT2D eigenvalue weighted by Gasteiger charge is 2.12. The van der Waals surface area contributed by atoms with Gasteiger partial charge >= 0.3 is 5.97 Å². The van der Waals surface area contributed by atoms with Crippen LogP contribution in [-0.2, 0) is 23.7 Å². The Labute approximate surface area is 96.0 Å². The first-order chi connectivity index (χ1) is 7.72. The molecule has 16 heavy (non-hydrogen) atoms. The molecule has 0 aromatic heterocycles. The number of carbonyl (C=O) groups is 1. The number of esters is 1. The fourth-order valence-electron chi connectivity index (χ4n) is 0.937. The average molecular weight is 235 g/mol. The van der Waals surface area contributed by atoms with Gasteiger partial charge in [0.2, 0.25) is 0 Å². The van der Waals surface area contributed by atoms with Crippen LogP contribution in [0.4, 0.5) is 0 Å². The van der Waals surface area contributed by atoms with Crippen LogP contribution in [0.3, 0.4) is 0 Å². The largest absolute Gasteiger partial charge is 0.468 e. The predicted molar refractivity (Wildman–Crippen MR) is 58.1 cm³/mol. The summed E-state index contributed by atoms with van der Waals surface area (Å²) in [6, 6.07) is -0.709. The van der Waals surface area contributed by atoms with Crippen molar-refractivity contribution in [2.45, 2.75) is 12.5 Å². The molecule has 0 rings (SSSR count). The molecule has 2 N–H and O–H groups in total. The summed E-state index contributed by atoms with van der Waals surface area (Å²) in [5, 5.41) is 0. The van der Waals surface area contributed by atoms with Crippen LogP contribution in [0.5, 0.6) is 0 Å². The second-order valence-electron chi connectivity index (χ2n) is 3.16. The van der Waals surface area contributed by atoms with Crippen LogP contribution in [-0.4, -0.2) is 59.3 Å². The summed E-state index contributed by atoms with van der Waals surface area (Å²) in [4.78, 5) is 10.9. The molecule has 0 aromatic rings. The van der Waals surface area contributed by atoms with Gasteiger partial charge in [-0.1, -0.05) is 0 Å². The first-order valence-corrected chi connectivity index (χ1v) is 5.20. The van der Waals surface area contributed by atoms with Gasteiger partial charge in [0.1, 0.15) is 6.04 Å². The molecule has 0 saturated carbocycles. The Morgan fingerprint density at radius 2 is 1.81 bits per heavy atom. The lowest BCUT2D eigenvalue weighted by Gasteiger charge is -2.09. The van der Waals surface area contributed by atoms with E-state index in [1.807, 2.05) is 0 Å². The summed E-state index contributed by atoms with van der Waals surface area (Å²) in [6.07, 6.45) is 0.762. The molecule has 0 aliphatic rings. The van der Waals surface area contributed by atoms with E-state index in [-0.39, 0.29) is 6.61 Å². The lowest BCUT2D eigenvalue weighted by molar-refractivity contribution is -0.143. The summed E-state index contributed by atoms with van der Waals surface area (Å²) in [6.45, 7) is 2.46. The van der Waals surface area contributed by atoms with Crippen molar-refractivity contribution in [3.05, 3.63) is 0 Å². The van der Waals surface area contributed by atoms with Crippen molar-refractivity contribution in [1.29, 1.82) is 0 Å². The molecule has 1 unspecified atom stereocenters. The third-order valence-electron chi connectivity index (χ3n) is 1.81. The molecule has 0 amide bonds. The van der Waals surface area contributed by atoms with E-state index in [1.54, 1.807) is 7.11 Å². The van der Waals surface area contributed by atoms with Gasteiger partial charge in [-0.3, -0.25) is 4.79 Å². The standard InChI is InChI=1S/C10H21NO5/c1-13-6-7-15-4-3-5-16-8-9(11)10(12)14-2/h9H,3-8,11H2,1-2H3. The lowest BCUT2D eigenvalue weighted by atomic mass is 10.3. The van der Waals surface area contributed by atoms with Crippen molar-refractivity contribution < 1.29 is 23.7 Å². The quantitative estimate of drug-likeness (QED) is 0.408. The maximum absolute atomic E-state index is 10.9. The Hall–Kier alpha value is -0.690. The smallest absolute Gasteiger partial charge is 0.325 e. The molecular formula is C10H21NO5. The number of rotatable bonds is 10. The second kappa shape index (κ2) is 10.8. The summed E-state index contributed by atoms with van der Waals surface area (Å²) in [7, 11) is 2.92. The van der Waals surface area contributed by atoms with E-state index in [0.29, 0.717) is 26.4 Å². The first kappa shape index (κ1) is 15.3.